The summed E-state index contributed by atoms with van der Waals surface area (Å²) in [5, 5.41) is 4.56. The summed E-state index contributed by atoms with van der Waals surface area (Å²) in [4.78, 5) is 0. The SMILES string of the molecule is CCCCc1ccc([Si](c2ccc(CCCC)cc2)(c2ccc(CCCC)cc2)C2C=CC=C2Cc2ccccc2)cc1. The van der Waals surface area contributed by atoms with Crippen LogP contribution in [0, 0.1) is 0 Å². The standard InChI is InChI=1S/C42H50Si/c1-4-7-14-34-21-27-39(28-22-34)43(40-29-23-35(24-30-40)15-8-5-2,41-31-25-36(26-32-41)16-9-6-3)42-20-13-19-38(42)33-37-17-11-10-12-18-37/h10-13,17-32,42H,4-9,14-16,33H2,1-3H3. The minimum absolute atomic E-state index is 0.359. The topological polar surface area (TPSA) is 0 Å². The maximum atomic E-state index is 2.53. The molecule has 43 heavy (non-hydrogen) atoms. The maximum Gasteiger partial charge on any atom is 0.158 e. The summed E-state index contributed by atoms with van der Waals surface area (Å²) in [7, 11) is -2.53. The third-order valence-corrected chi connectivity index (χ3v) is 14.6. The van der Waals surface area contributed by atoms with E-state index >= 15 is 0 Å². The molecule has 4 aromatic rings. The van der Waals surface area contributed by atoms with Crippen molar-refractivity contribution in [2.45, 2.75) is 90.5 Å². The fraction of sp³-hybridized carbons (Fsp3) is 0.333. The Labute approximate surface area is 262 Å². The van der Waals surface area contributed by atoms with Crippen LogP contribution in [-0.2, 0) is 25.7 Å². The number of hydrogen-bond donors (Lipinski definition) is 0. The summed E-state index contributed by atoms with van der Waals surface area (Å²) in [5.41, 5.74) is 7.67. The predicted molar refractivity (Wildman–Crippen MR) is 191 cm³/mol. The number of aryl methyl sites for hydroxylation is 3. The summed E-state index contributed by atoms with van der Waals surface area (Å²) in [5.74, 6) is 0. The number of unbranched alkanes of at least 4 members (excludes halogenated alkanes) is 3. The smallest absolute Gasteiger partial charge is 0.0790 e. The molecule has 1 aliphatic carbocycles. The molecule has 0 nitrogen and oxygen atoms in total. The van der Waals surface area contributed by atoms with Crippen molar-refractivity contribution in [1.29, 1.82) is 0 Å². The molecular formula is C42H50Si. The van der Waals surface area contributed by atoms with Crippen molar-refractivity contribution < 1.29 is 0 Å². The number of allylic oxidation sites excluding steroid dienone is 4. The molecule has 1 unspecified atom stereocenters. The molecule has 1 heteroatoms. The minimum atomic E-state index is -2.53. The molecule has 0 saturated heterocycles. The van der Waals surface area contributed by atoms with Crippen LogP contribution in [-0.4, -0.2) is 8.07 Å². The van der Waals surface area contributed by atoms with Crippen molar-refractivity contribution in [1.82, 2.24) is 0 Å². The van der Waals surface area contributed by atoms with Crippen LogP contribution >= 0.6 is 0 Å². The van der Waals surface area contributed by atoms with Crippen LogP contribution < -0.4 is 15.6 Å². The molecule has 222 valence electrons. The van der Waals surface area contributed by atoms with Crippen molar-refractivity contribution >= 4 is 23.6 Å². The first-order chi connectivity index (χ1) is 21.2. The van der Waals surface area contributed by atoms with Gasteiger partial charge in [-0.05, 0) is 82.8 Å². The highest BCUT2D eigenvalue weighted by atomic mass is 28.3. The predicted octanol–water partition coefficient (Wildman–Crippen LogP) is 9.29. The molecular weight excluding hydrogens is 533 g/mol. The van der Waals surface area contributed by atoms with Gasteiger partial charge in [-0.3, -0.25) is 0 Å². The van der Waals surface area contributed by atoms with Gasteiger partial charge in [-0.15, -0.1) is 0 Å². The molecule has 0 aliphatic heterocycles. The average molecular weight is 583 g/mol. The van der Waals surface area contributed by atoms with Crippen LogP contribution in [0.15, 0.2) is 127 Å². The molecule has 0 heterocycles. The van der Waals surface area contributed by atoms with E-state index in [1.165, 1.54) is 81.9 Å². The molecule has 4 aromatic carbocycles. The summed E-state index contributed by atoms with van der Waals surface area (Å²) < 4.78 is 0. The highest BCUT2D eigenvalue weighted by Gasteiger charge is 2.47. The summed E-state index contributed by atoms with van der Waals surface area (Å²) in [6.07, 6.45) is 19.2. The van der Waals surface area contributed by atoms with E-state index in [0.29, 0.717) is 5.54 Å². The lowest BCUT2D eigenvalue weighted by Gasteiger charge is -2.40. The first-order valence-electron chi connectivity index (χ1n) is 16.9. The van der Waals surface area contributed by atoms with Gasteiger partial charge in [0.05, 0.1) is 0 Å². The Kier molecular flexibility index (Phi) is 11.1. The van der Waals surface area contributed by atoms with Crippen LogP contribution in [0.1, 0.15) is 81.5 Å². The van der Waals surface area contributed by atoms with Crippen molar-refractivity contribution in [2.24, 2.45) is 0 Å². The van der Waals surface area contributed by atoms with Crippen molar-refractivity contribution in [3.05, 3.63) is 149 Å². The second-order valence-electron chi connectivity index (χ2n) is 12.5. The monoisotopic (exact) mass is 582 g/mol. The minimum Gasteiger partial charge on any atom is -0.0790 e. The molecule has 0 radical (unpaired) electrons. The van der Waals surface area contributed by atoms with Gasteiger partial charge in [-0.25, -0.2) is 0 Å². The van der Waals surface area contributed by atoms with Gasteiger partial charge in [0.25, 0.3) is 0 Å². The van der Waals surface area contributed by atoms with Gasteiger partial charge in [-0.1, -0.05) is 167 Å². The lowest BCUT2D eigenvalue weighted by atomic mass is 10.0. The Balaban J connectivity index is 1.68. The molecule has 0 aromatic heterocycles. The first kappa shape index (κ1) is 31.0. The normalized spacial score (nSPS) is 14.7. The summed E-state index contributed by atoms with van der Waals surface area (Å²) in [6.45, 7) is 6.86. The zero-order valence-electron chi connectivity index (χ0n) is 26.7. The van der Waals surface area contributed by atoms with E-state index in [1.807, 2.05) is 0 Å². The number of hydrogen-bond acceptors (Lipinski definition) is 0. The molecule has 0 saturated carbocycles. The van der Waals surface area contributed by atoms with Gasteiger partial charge in [0.15, 0.2) is 8.07 Å². The van der Waals surface area contributed by atoms with E-state index in [1.54, 1.807) is 0 Å². The Bertz CT molecular complexity index is 1330. The van der Waals surface area contributed by atoms with E-state index < -0.39 is 8.07 Å². The number of benzene rings is 4. The lowest BCUT2D eigenvalue weighted by Crippen LogP contribution is -2.69. The Morgan fingerprint density at radius 1 is 0.488 bits per heavy atom. The molecule has 0 amide bonds. The molecule has 0 N–H and O–H groups in total. The number of rotatable bonds is 15. The highest BCUT2D eigenvalue weighted by Crippen LogP contribution is 2.37. The van der Waals surface area contributed by atoms with Crippen molar-refractivity contribution in [3.8, 4) is 0 Å². The second kappa shape index (κ2) is 15.3. The molecule has 0 fully saturated rings. The van der Waals surface area contributed by atoms with E-state index in [2.05, 4.69) is 142 Å². The zero-order valence-corrected chi connectivity index (χ0v) is 27.7. The van der Waals surface area contributed by atoms with Crippen LogP contribution in [0.4, 0.5) is 0 Å². The van der Waals surface area contributed by atoms with Gasteiger partial charge in [0.2, 0.25) is 0 Å². The Hall–Kier alpha value is -3.42. The van der Waals surface area contributed by atoms with E-state index in [4.69, 9.17) is 0 Å². The Morgan fingerprint density at radius 2 is 0.907 bits per heavy atom. The van der Waals surface area contributed by atoms with Crippen LogP contribution in [0.2, 0.25) is 5.54 Å². The van der Waals surface area contributed by atoms with Crippen LogP contribution in [0.3, 0.4) is 0 Å². The quantitative estimate of drug-likeness (QED) is 0.0968. The summed E-state index contributed by atoms with van der Waals surface area (Å²) >= 11 is 0. The van der Waals surface area contributed by atoms with Gasteiger partial charge >= 0.3 is 0 Å². The highest BCUT2D eigenvalue weighted by molar-refractivity contribution is 7.13. The van der Waals surface area contributed by atoms with Crippen LogP contribution in [0.5, 0.6) is 0 Å². The third-order valence-electron chi connectivity index (χ3n) is 9.42. The van der Waals surface area contributed by atoms with Crippen molar-refractivity contribution in [2.75, 3.05) is 0 Å². The van der Waals surface area contributed by atoms with E-state index in [0.717, 1.165) is 25.7 Å². The molecule has 0 bridgehead atoms. The summed E-state index contributed by atoms with van der Waals surface area (Å²) in [6, 6.07) is 40.6. The maximum absolute atomic E-state index is 2.53. The van der Waals surface area contributed by atoms with Gasteiger partial charge in [0.1, 0.15) is 0 Å². The van der Waals surface area contributed by atoms with Gasteiger partial charge < -0.3 is 0 Å². The van der Waals surface area contributed by atoms with Gasteiger partial charge in [0, 0.05) is 5.54 Å². The zero-order chi connectivity index (χ0) is 29.9. The van der Waals surface area contributed by atoms with Crippen LogP contribution in [0.25, 0.3) is 0 Å². The van der Waals surface area contributed by atoms with E-state index in [9.17, 15) is 0 Å². The second-order valence-corrected chi connectivity index (χ2v) is 16.4. The Morgan fingerprint density at radius 3 is 1.30 bits per heavy atom. The average Bonchev–Trinajstić information content (AvgIpc) is 3.52. The fourth-order valence-electron chi connectivity index (χ4n) is 6.92. The molecule has 1 aliphatic rings. The molecule has 5 rings (SSSR count). The molecule has 0 spiro atoms. The fourth-order valence-corrected chi connectivity index (χ4v) is 12.2. The van der Waals surface area contributed by atoms with E-state index in [-0.39, 0.29) is 0 Å². The molecule has 1 atom stereocenters. The largest absolute Gasteiger partial charge is 0.158 e. The third kappa shape index (κ3) is 7.22. The lowest BCUT2D eigenvalue weighted by molar-refractivity contribution is 0.795. The van der Waals surface area contributed by atoms with Gasteiger partial charge in [-0.2, -0.15) is 0 Å². The first-order valence-corrected chi connectivity index (χ1v) is 19.0. The van der Waals surface area contributed by atoms with Crippen molar-refractivity contribution in [3.63, 3.8) is 0 Å².